The molecular formula is C18H18N4O2S2. The molecule has 1 aliphatic heterocycles. The van der Waals surface area contributed by atoms with Crippen LogP contribution in [0.25, 0.3) is 11.7 Å². The van der Waals surface area contributed by atoms with Gasteiger partial charge in [0.15, 0.2) is 0 Å². The number of aromatic nitrogens is 2. The van der Waals surface area contributed by atoms with Gasteiger partial charge in [-0.25, -0.2) is 4.98 Å². The highest BCUT2D eigenvalue weighted by Gasteiger charge is 2.31. The molecule has 0 unspecified atom stereocenters. The molecule has 0 atom stereocenters. The van der Waals surface area contributed by atoms with E-state index < -0.39 is 0 Å². The molecule has 2 aromatic heterocycles. The highest BCUT2D eigenvalue weighted by molar-refractivity contribution is 8.26. The van der Waals surface area contributed by atoms with Gasteiger partial charge in [-0.05, 0) is 24.6 Å². The van der Waals surface area contributed by atoms with Crippen molar-refractivity contribution in [2.24, 2.45) is 0 Å². The zero-order chi connectivity index (χ0) is 18.7. The van der Waals surface area contributed by atoms with Gasteiger partial charge in [-0.3, -0.25) is 18.9 Å². The van der Waals surface area contributed by atoms with Crippen molar-refractivity contribution < 1.29 is 4.79 Å². The van der Waals surface area contributed by atoms with E-state index in [-0.39, 0.29) is 11.5 Å². The SMILES string of the molecule is C=CCN1C(=O)/C(=C/c2c(NCCC)nc3ccccn3c2=O)SC1=S. The average Bonchev–Trinajstić information content (AvgIpc) is 2.90. The highest BCUT2D eigenvalue weighted by Crippen LogP contribution is 2.32. The Hall–Kier alpha value is -2.45. The van der Waals surface area contributed by atoms with Crippen molar-refractivity contribution in [3.8, 4) is 0 Å². The molecular weight excluding hydrogens is 368 g/mol. The summed E-state index contributed by atoms with van der Waals surface area (Å²) in [5.41, 5.74) is 0.664. The Morgan fingerprint density at radius 1 is 1.38 bits per heavy atom. The van der Waals surface area contributed by atoms with Crippen LogP contribution in [0, 0.1) is 0 Å². The van der Waals surface area contributed by atoms with E-state index in [1.54, 1.807) is 30.5 Å². The summed E-state index contributed by atoms with van der Waals surface area (Å²) in [5.74, 6) is 0.246. The lowest BCUT2D eigenvalue weighted by Crippen LogP contribution is -2.28. The first-order valence-corrected chi connectivity index (χ1v) is 9.40. The van der Waals surface area contributed by atoms with Crippen LogP contribution < -0.4 is 10.9 Å². The molecule has 3 rings (SSSR count). The Morgan fingerprint density at radius 3 is 2.92 bits per heavy atom. The fourth-order valence-electron chi connectivity index (χ4n) is 2.53. The Morgan fingerprint density at radius 2 is 2.19 bits per heavy atom. The summed E-state index contributed by atoms with van der Waals surface area (Å²) in [7, 11) is 0. The first-order valence-electron chi connectivity index (χ1n) is 8.18. The summed E-state index contributed by atoms with van der Waals surface area (Å²) in [5, 5.41) is 3.18. The number of pyridine rings is 1. The van der Waals surface area contributed by atoms with E-state index in [4.69, 9.17) is 12.2 Å². The minimum atomic E-state index is -0.233. The number of carbonyl (C=O) groups is 1. The maximum Gasteiger partial charge on any atom is 0.267 e. The molecule has 0 saturated carbocycles. The maximum absolute atomic E-state index is 13.0. The number of hydrogen-bond donors (Lipinski definition) is 1. The van der Waals surface area contributed by atoms with E-state index in [0.717, 1.165) is 6.42 Å². The van der Waals surface area contributed by atoms with Gasteiger partial charge in [0.1, 0.15) is 15.8 Å². The molecule has 1 amide bonds. The lowest BCUT2D eigenvalue weighted by molar-refractivity contribution is -0.121. The van der Waals surface area contributed by atoms with E-state index in [1.807, 2.05) is 13.0 Å². The van der Waals surface area contributed by atoms with Gasteiger partial charge in [0.05, 0.1) is 10.5 Å². The van der Waals surface area contributed by atoms with Crippen LogP contribution in [0.2, 0.25) is 0 Å². The van der Waals surface area contributed by atoms with Crippen LogP contribution in [0.3, 0.4) is 0 Å². The number of carbonyl (C=O) groups excluding carboxylic acids is 1. The quantitative estimate of drug-likeness (QED) is 0.468. The largest absolute Gasteiger partial charge is 0.369 e. The van der Waals surface area contributed by atoms with Crippen molar-refractivity contribution in [3.05, 3.63) is 57.9 Å². The molecule has 3 heterocycles. The summed E-state index contributed by atoms with van der Waals surface area (Å²) >= 11 is 6.43. The molecule has 0 aliphatic carbocycles. The van der Waals surface area contributed by atoms with E-state index in [2.05, 4.69) is 16.9 Å². The number of nitrogens with zero attached hydrogens (tertiary/aromatic N) is 3. The molecule has 0 bridgehead atoms. The van der Waals surface area contributed by atoms with Crippen molar-refractivity contribution in [2.45, 2.75) is 13.3 Å². The third-order valence-corrected chi connectivity index (χ3v) is 5.15. The van der Waals surface area contributed by atoms with E-state index in [9.17, 15) is 9.59 Å². The van der Waals surface area contributed by atoms with Crippen LogP contribution in [0.5, 0.6) is 0 Å². The number of thiocarbonyl (C=S) groups is 1. The fraction of sp³-hybridized carbons (Fsp3) is 0.222. The van der Waals surface area contributed by atoms with Crippen molar-refractivity contribution >= 4 is 51.7 Å². The smallest absolute Gasteiger partial charge is 0.267 e. The van der Waals surface area contributed by atoms with Crippen molar-refractivity contribution in [1.82, 2.24) is 14.3 Å². The predicted molar refractivity (Wildman–Crippen MR) is 110 cm³/mol. The number of fused-ring (bicyclic) bond motifs is 1. The lowest BCUT2D eigenvalue weighted by atomic mass is 10.2. The van der Waals surface area contributed by atoms with Gasteiger partial charge >= 0.3 is 0 Å². The summed E-state index contributed by atoms with van der Waals surface area (Å²) in [6.45, 7) is 6.69. The Labute approximate surface area is 160 Å². The molecule has 1 fully saturated rings. The number of thioether (sulfide) groups is 1. The average molecular weight is 387 g/mol. The number of amides is 1. The van der Waals surface area contributed by atoms with Crippen LogP contribution in [0.1, 0.15) is 18.9 Å². The lowest BCUT2D eigenvalue weighted by Gasteiger charge is -2.11. The number of anilines is 1. The van der Waals surface area contributed by atoms with Crippen molar-refractivity contribution in [2.75, 3.05) is 18.4 Å². The fourth-order valence-corrected chi connectivity index (χ4v) is 3.79. The predicted octanol–water partition coefficient (Wildman–Crippen LogP) is 2.90. The van der Waals surface area contributed by atoms with Gasteiger partial charge in [0.2, 0.25) is 0 Å². The second kappa shape index (κ2) is 7.84. The van der Waals surface area contributed by atoms with Crippen LogP contribution in [-0.2, 0) is 4.79 Å². The van der Waals surface area contributed by atoms with Crippen LogP contribution in [0.15, 0.2) is 46.8 Å². The first kappa shape index (κ1) is 18.3. The summed E-state index contributed by atoms with van der Waals surface area (Å²) < 4.78 is 1.92. The second-order valence-corrected chi connectivity index (χ2v) is 7.29. The molecule has 0 radical (unpaired) electrons. The van der Waals surface area contributed by atoms with Gasteiger partial charge in [-0.2, -0.15) is 0 Å². The highest BCUT2D eigenvalue weighted by atomic mass is 32.2. The van der Waals surface area contributed by atoms with Gasteiger partial charge < -0.3 is 5.32 Å². The van der Waals surface area contributed by atoms with Crippen LogP contribution >= 0.6 is 24.0 Å². The van der Waals surface area contributed by atoms with Crippen molar-refractivity contribution in [3.63, 3.8) is 0 Å². The normalized spacial score (nSPS) is 15.9. The minimum Gasteiger partial charge on any atom is -0.369 e. The topological polar surface area (TPSA) is 66.7 Å². The van der Waals surface area contributed by atoms with E-state index >= 15 is 0 Å². The number of hydrogen-bond acceptors (Lipinski definition) is 6. The molecule has 6 nitrogen and oxygen atoms in total. The molecule has 0 aromatic carbocycles. The van der Waals surface area contributed by atoms with E-state index in [0.29, 0.717) is 39.3 Å². The molecule has 2 aromatic rings. The minimum absolute atomic E-state index is 0.223. The maximum atomic E-state index is 13.0. The van der Waals surface area contributed by atoms with E-state index in [1.165, 1.54) is 21.1 Å². The standard InChI is InChI=1S/C18H18N4O2S2/c1-3-8-19-15-12(16(23)21-10-6-5-7-14(21)20-15)11-13-17(24)22(9-4-2)18(25)26-13/h4-7,10-11,19H,2-3,8-9H2,1H3/b13-11-. The Kier molecular flexibility index (Phi) is 5.53. The van der Waals surface area contributed by atoms with Gasteiger partial charge in [0, 0.05) is 19.3 Å². The first-order chi connectivity index (χ1) is 12.6. The second-order valence-electron chi connectivity index (χ2n) is 5.62. The zero-order valence-corrected chi connectivity index (χ0v) is 15.9. The molecule has 1 saturated heterocycles. The van der Waals surface area contributed by atoms with Gasteiger partial charge in [-0.1, -0.05) is 43.0 Å². The van der Waals surface area contributed by atoms with Gasteiger partial charge in [-0.15, -0.1) is 6.58 Å². The zero-order valence-electron chi connectivity index (χ0n) is 14.3. The molecule has 8 heteroatoms. The number of nitrogens with one attached hydrogen (secondary N) is 1. The third-order valence-electron chi connectivity index (χ3n) is 3.77. The van der Waals surface area contributed by atoms with Crippen LogP contribution in [-0.4, -0.2) is 37.6 Å². The summed E-state index contributed by atoms with van der Waals surface area (Å²) in [4.78, 5) is 31.9. The molecule has 0 spiro atoms. The Bertz CT molecular complexity index is 981. The van der Waals surface area contributed by atoms with Crippen molar-refractivity contribution in [1.29, 1.82) is 0 Å². The number of rotatable bonds is 6. The molecule has 1 aliphatic rings. The monoisotopic (exact) mass is 386 g/mol. The third kappa shape index (κ3) is 3.42. The summed E-state index contributed by atoms with van der Waals surface area (Å²) in [6.07, 6.45) is 5.74. The summed E-state index contributed by atoms with van der Waals surface area (Å²) in [6, 6.07) is 5.36. The Balaban J connectivity index is 2.13. The molecule has 1 N–H and O–H groups in total. The van der Waals surface area contributed by atoms with Gasteiger partial charge in [0.25, 0.3) is 11.5 Å². The molecule has 134 valence electrons. The van der Waals surface area contributed by atoms with Crippen LogP contribution in [0.4, 0.5) is 5.82 Å². The molecule has 26 heavy (non-hydrogen) atoms.